The highest BCUT2D eigenvalue weighted by atomic mass is 16.3. The minimum atomic E-state index is 0.271. The van der Waals surface area contributed by atoms with Crippen molar-refractivity contribution in [2.24, 2.45) is 0 Å². The lowest BCUT2D eigenvalue weighted by Crippen LogP contribution is -2.46. The maximum absolute atomic E-state index is 9.42. The van der Waals surface area contributed by atoms with Crippen molar-refractivity contribution >= 4 is 0 Å². The van der Waals surface area contributed by atoms with E-state index in [1.54, 1.807) is 0 Å². The second-order valence-corrected chi connectivity index (χ2v) is 5.91. The van der Waals surface area contributed by atoms with Gasteiger partial charge >= 0.3 is 0 Å². The standard InChI is InChI=1S/C14H28N2O/c1-16(14-6-4-2-3-5-7-14)10-13(11-17)15-12-8-9-12/h12-15,17H,2-11H2,1H3. The average Bonchev–Trinajstić information content (AvgIpc) is 3.14. The van der Waals surface area contributed by atoms with Gasteiger partial charge in [-0.05, 0) is 32.7 Å². The predicted octanol–water partition coefficient (Wildman–Crippen LogP) is 1.75. The van der Waals surface area contributed by atoms with Gasteiger partial charge in [-0.1, -0.05) is 25.7 Å². The van der Waals surface area contributed by atoms with Crippen LogP contribution in [-0.2, 0) is 0 Å². The predicted molar refractivity (Wildman–Crippen MR) is 71.2 cm³/mol. The van der Waals surface area contributed by atoms with Crippen LogP contribution in [0.1, 0.15) is 51.4 Å². The Hall–Kier alpha value is -0.120. The Morgan fingerprint density at radius 1 is 1.12 bits per heavy atom. The van der Waals surface area contributed by atoms with Crippen molar-refractivity contribution in [2.75, 3.05) is 20.2 Å². The average molecular weight is 240 g/mol. The fourth-order valence-corrected chi connectivity index (χ4v) is 2.94. The first-order valence-electron chi connectivity index (χ1n) is 7.36. The topological polar surface area (TPSA) is 35.5 Å². The molecule has 3 nitrogen and oxygen atoms in total. The SMILES string of the molecule is CN(CC(CO)NC1CC1)C1CCCCCC1. The third kappa shape index (κ3) is 4.57. The van der Waals surface area contributed by atoms with E-state index >= 15 is 0 Å². The zero-order chi connectivity index (χ0) is 12.1. The Balaban J connectivity index is 1.74. The molecule has 1 unspecified atom stereocenters. The lowest BCUT2D eigenvalue weighted by molar-refractivity contribution is 0.159. The van der Waals surface area contributed by atoms with Gasteiger partial charge in [-0.25, -0.2) is 0 Å². The van der Waals surface area contributed by atoms with Crippen molar-refractivity contribution in [3.63, 3.8) is 0 Å². The van der Waals surface area contributed by atoms with Crippen molar-refractivity contribution in [3.05, 3.63) is 0 Å². The summed E-state index contributed by atoms with van der Waals surface area (Å²) < 4.78 is 0. The summed E-state index contributed by atoms with van der Waals surface area (Å²) >= 11 is 0. The molecule has 2 fully saturated rings. The number of nitrogens with zero attached hydrogens (tertiary/aromatic N) is 1. The van der Waals surface area contributed by atoms with Crippen LogP contribution in [0.4, 0.5) is 0 Å². The minimum absolute atomic E-state index is 0.271. The molecule has 100 valence electrons. The van der Waals surface area contributed by atoms with Gasteiger partial charge in [-0.2, -0.15) is 0 Å². The van der Waals surface area contributed by atoms with Crippen molar-refractivity contribution in [2.45, 2.75) is 69.5 Å². The highest BCUT2D eigenvalue weighted by molar-refractivity contribution is 4.86. The van der Waals surface area contributed by atoms with Crippen molar-refractivity contribution in [1.82, 2.24) is 10.2 Å². The molecule has 2 saturated carbocycles. The van der Waals surface area contributed by atoms with Crippen LogP contribution in [0, 0.1) is 0 Å². The van der Waals surface area contributed by atoms with Gasteiger partial charge in [0.2, 0.25) is 0 Å². The molecule has 0 radical (unpaired) electrons. The first-order chi connectivity index (χ1) is 8.29. The van der Waals surface area contributed by atoms with Crippen LogP contribution in [0.3, 0.4) is 0 Å². The Kier molecular flexibility index (Phi) is 5.26. The van der Waals surface area contributed by atoms with Gasteiger partial charge in [0.1, 0.15) is 0 Å². The van der Waals surface area contributed by atoms with E-state index in [-0.39, 0.29) is 12.6 Å². The van der Waals surface area contributed by atoms with Gasteiger partial charge in [-0.3, -0.25) is 0 Å². The molecule has 2 N–H and O–H groups in total. The van der Waals surface area contributed by atoms with Crippen molar-refractivity contribution in [1.29, 1.82) is 0 Å². The van der Waals surface area contributed by atoms with Gasteiger partial charge in [0, 0.05) is 24.7 Å². The molecule has 2 aliphatic rings. The van der Waals surface area contributed by atoms with Crippen LogP contribution in [0.25, 0.3) is 0 Å². The molecule has 0 aromatic rings. The number of hydrogen-bond donors (Lipinski definition) is 2. The van der Waals surface area contributed by atoms with E-state index in [9.17, 15) is 5.11 Å². The summed E-state index contributed by atoms with van der Waals surface area (Å²) in [5.41, 5.74) is 0. The van der Waals surface area contributed by atoms with Gasteiger partial charge in [0.15, 0.2) is 0 Å². The molecule has 17 heavy (non-hydrogen) atoms. The summed E-state index contributed by atoms with van der Waals surface area (Å²) in [4.78, 5) is 2.47. The van der Waals surface area contributed by atoms with E-state index in [1.807, 2.05) is 0 Å². The van der Waals surface area contributed by atoms with E-state index < -0.39 is 0 Å². The molecular formula is C14H28N2O. The second-order valence-electron chi connectivity index (χ2n) is 5.91. The number of likely N-dealkylation sites (N-methyl/N-ethyl adjacent to an activating group) is 1. The van der Waals surface area contributed by atoms with Crippen molar-refractivity contribution < 1.29 is 5.11 Å². The van der Waals surface area contributed by atoms with Crippen LogP contribution in [0.15, 0.2) is 0 Å². The summed E-state index contributed by atoms with van der Waals surface area (Å²) in [7, 11) is 2.23. The first-order valence-corrected chi connectivity index (χ1v) is 7.36. The maximum atomic E-state index is 9.42. The Bertz CT molecular complexity index is 210. The third-order valence-electron chi connectivity index (χ3n) is 4.23. The molecule has 1 atom stereocenters. The van der Waals surface area contributed by atoms with Crippen LogP contribution < -0.4 is 5.32 Å². The normalized spacial score (nSPS) is 24.9. The molecule has 0 amide bonds. The van der Waals surface area contributed by atoms with Gasteiger partial charge in [0.05, 0.1) is 6.61 Å². The number of aliphatic hydroxyl groups is 1. The fraction of sp³-hybridized carbons (Fsp3) is 1.00. The van der Waals surface area contributed by atoms with Crippen LogP contribution in [0.5, 0.6) is 0 Å². The molecule has 0 saturated heterocycles. The summed E-state index contributed by atoms with van der Waals surface area (Å²) in [6.07, 6.45) is 10.9. The maximum Gasteiger partial charge on any atom is 0.0597 e. The highest BCUT2D eigenvalue weighted by Gasteiger charge is 2.26. The van der Waals surface area contributed by atoms with E-state index in [2.05, 4.69) is 17.3 Å². The molecule has 0 aliphatic heterocycles. The van der Waals surface area contributed by atoms with Gasteiger partial charge < -0.3 is 15.3 Å². The number of nitrogens with one attached hydrogen (secondary N) is 1. The smallest absolute Gasteiger partial charge is 0.0597 e. The lowest BCUT2D eigenvalue weighted by atomic mass is 10.1. The van der Waals surface area contributed by atoms with Crippen LogP contribution in [0.2, 0.25) is 0 Å². The first kappa shape index (κ1) is 13.3. The molecule has 2 aliphatic carbocycles. The number of aliphatic hydroxyl groups excluding tert-OH is 1. The van der Waals surface area contributed by atoms with E-state index in [1.165, 1.54) is 51.4 Å². The molecule has 3 heteroatoms. The summed E-state index contributed by atoms with van der Waals surface area (Å²) in [5.74, 6) is 0. The molecule has 0 aromatic heterocycles. The fourth-order valence-electron chi connectivity index (χ4n) is 2.94. The summed E-state index contributed by atoms with van der Waals surface area (Å²) in [6.45, 7) is 1.27. The Labute approximate surface area is 106 Å². The third-order valence-corrected chi connectivity index (χ3v) is 4.23. The molecule has 0 spiro atoms. The second kappa shape index (κ2) is 6.72. The van der Waals surface area contributed by atoms with Crippen molar-refractivity contribution in [3.8, 4) is 0 Å². The van der Waals surface area contributed by atoms with Crippen LogP contribution in [-0.4, -0.2) is 48.3 Å². The highest BCUT2D eigenvalue weighted by Crippen LogP contribution is 2.22. The van der Waals surface area contributed by atoms with E-state index in [4.69, 9.17) is 0 Å². The van der Waals surface area contributed by atoms with E-state index in [0.717, 1.165) is 12.6 Å². The monoisotopic (exact) mass is 240 g/mol. The van der Waals surface area contributed by atoms with Gasteiger partial charge in [0.25, 0.3) is 0 Å². The largest absolute Gasteiger partial charge is 0.395 e. The molecule has 0 heterocycles. The quantitative estimate of drug-likeness (QED) is 0.694. The minimum Gasteiger partial charge on any atom is -0.395 e. The Morgan fingerprint density at radius 2 is 1.76 bits per heavy atom. The Morgan fingerprint density at radius 3 is 2.29 bits per heavy atom. The lowest BCUT2D eigenvalue weighted by Gasteiger charge is -2.30. The number of hydrogen-bond acceptors (Lipinski definition) is 3. The zero-order valence-electron chi connectivity index (χ0n) is 11.2. The molecule has 0 aromatic carbocycles. The summed E-state index contributed by atoms with van der Waals surface area (Å²) in [6, 6.07) is 1.71. The summed E-state index contributed by atoms with van der Waals surface area (Å²) in [5, 5.41) is 13.0. The van der Waals surface area contributed by atoms with Gasteiger partial charge in [-0.15, -0.1) is 0 Å². The molecule has 0 bridgehead atoms. The van der Waals surface area contributed by atoms with Crippen LogP contribution >= 0.6 is 0 Å². The zero-order valence-corrected chi connectivity index (χ0v) is 11.2. The molecular weight excluding hydrogens is 212 g/mol. The van der Waals surface area contributed by atoms with E-state index in [0.29, 0.717) is 6.04 Å². The molecule has 2 rings (SSSR count). The number of rotatable bonds is 6.